The highest BCUT2D eigenvalue weighted by Crippen LogP contribution is 2.25. The predicted molar refractivity (Wildman–Crippen MR) is 72.7 cm³/mol. The van der Waals surface area contributed by atoms with Crippen molar-refractivity contribution in [2.24, 2.45) is 0 Å². The van der Waals surface area contributed by atoms with E-state index in [2.05, 4.69) is 31.5 Å². The Labute approximate surface area is 113 Å². The van der Waals surface area contributed by atoms with E-state index in [9.17, 15) is 10.1 Å². The van der Waals surface area contributed by atoms with E-state index in [1.807, 2.05) is 0 Å². The Kier molecular flexibility index (Phi) is 4.48. The maximum atomic E-state index is 10.9. The van der Waals surface area contributed by atoms with Crippen molar-refractivity contribution in [1.29, 1.82) is 0 Å². The molecule has 0 unspecified atom stereocenters. The quantitative estimate of drug-likeness (QED) is 0.644. The lowest BCUT2D eigenvalue weighted by Gasteiger charge is -2.11. The van der Waals surface area contributed by atoms with Crippen molar-refractivity contribution < 1.29 is 4.92 Å². The monoisotopic (exact) mass is 314 g/mol. The van der Waals surface area contributed by atoms with Crippen molar-refractivity contribution in [3.63, 3.8) is 0 Å². The Morgan fingerprint density at radius 1 is 1.67 bits per heavy atom. The summed E-state index contributed by atoms with van der Waals surface area (Å²) in [5.74, 6) is 0.334. The molecule has 6 nitrogen and oxygen atoms in total. The van der Waals surface area contributed by atoms with Gasteiger partial charge in [-0.05, 0) is 41.7 Å². The summed E-state index contributed by atoms with van der Waals surface area (Å²) in [4.78, 5) is 14.5. The molecule has 0 amide bonds. The van der Waals surface area contributed by atoms with E-state index in [0.717, 1.165) is 13.0 Å². The van der Waals surface area contributed by atoms with Gasteiger partial charge in [0, 0.05) is 29.3 Å². The number of nitro groups is 1. The van der Waals surface area contributed by atoms with Gasteiger partial charge in [-0.15, -0.1) is 0 Å². The zero-order chi connectivity index (χ0) is 13.0. The second-order valence-corrected chi connectivity index (χ2v) is 5.20. The molecule has 1 aromatic heterocycles. The standard InChI is InChI=1S/C11H15BrN4O2/c12-8-6-10(16(17)18)11(15-7-8)14-5-3-9-2-1-4-13-9/h6-7,9,13H,1-5H2,(H,14,15)/t9-/m1/s1. The molecular weight excluding hydrogens is 300 g/mol. The van der Waals surface area contributed by atoms with Crippen LogP contribution in [0, 0.1) is 10.1 Å². The fourth-order valence-electron chi connectivity index (χ4n) is 2.07. The van der Waals surface area contributed by atoms with Crippen LogP contribution in [0.4, 0.5) is 11.5 Å². The molecule has 1 aromatic rings. The van der Waals surface area contributed by atoms with Gasteiger partial charge >= 0.3 is 5.69 Å². The predicted octanol–water partition coefficient (Wildman–Crippen LogP) is 2.31. The molecule has 2 rings (SSSR count). The molecule has 1 aliphatic rings. The van der Waals surface area contributed by atoms with Gasteiger partial charge in [-0.25, -0.2) is 4.98 Å². The third-order valence-corrected chi connectivity index (χ3v) is 3.41. The molecule has 0 saturated carbocycles. The molecule has 1 saturated heterocycles. The van der Waals surface area contributed by atoms with Crippen LogP contribution in [0.5, 0.6) is 0 Å². The van der Waals surface area contributed by atoms with E-state index >= 15 is 0 Å². The summed E-state index contributed by atoms with van der Waals surface area (Å²) in [5, 5.41) is 17.3. The number of anilines is 1. The van der Waals surface area contributed by atoms with Crippen LogP contribution in [0.15, 0.2) is 16.7 Å². The molecule has 0 spiro atoms. The Morgan fingerprint density at radius 3 is 3.17 bits per heavy atom. The average molecular weight is 315 g/mol. The second-order valence-electron chi connectivity index (χ2n) is 4.29. The van der Waals surface area contributed by atoms with E-state index in [-0.39, 0.29) is 5.69 Å². The van der Waals surface area contributed by atoms with E-state index in [4.69, 9.17) is 0 Å². The van der Waals surface area contributed by atoms with Gasteiger partial charge in [-0.2, -0.15) is 0 Å². The van der Waals surface area contributed by atoms with E-state index in [1.165, 1.54) is 18.9 Å². The van der Waals surface area contributed by atoms with Crippen molar-refractivity contribution in [2.45, 2.75) is 25.3 Å². The largest absolute Gasteiger partial charge is 0.364 e. The molecule has 0 aromatic carbocycles. The number of halogens is 1. The van der Waals surface area contributed by atoms with Gasteiger partial charge in [-0.1, -0.05) is 0 Å². The van der Waals surface area contributed by atoms with Gasteiger partial charge in [0.1, 0.15) is 0 Å². The summed E-state index contributed by atoms with van der Waals surface area (Å²) in [6.45, 7) is 1.76. The SMILES string of the molecule is O=[N+]([O-])c1cc(Br)cnc1NCC[C@H]1CCCN1. The smallest absolute Gasteiger partial charge is 0.312 e. The molecule has 0 aliphatic carbocycles. The maximum Gasteiger partial charge on any atom is 0.312 e. The lowest BCUT2D eigenvalue weighted by atomic mass is 10.1. The molecule has 1 fully saturated rings. The van der Waals surface area contributed by atoms with Gasteiger partial charge in [0.15, 0.2) is 0 Å². The van der Waals surface area contributed by atoms with Gasteiger partial charge in [0.2, 0.25) is 5.82 Å². The summed E-state index contributed by atoms with van der Waals surface area (Å²) >= 11 is 3.18. The summed E-state index contributed by atoms with van der Waals surface area (Å²) < 4.78 is 0.609. The molecule has 1 atom stereocenters. The maximum absolute atomic E-state index is 10.9. The fourth-order valence-corrected chi connectivity index (χ4v) is 2.39. The molecule has 0 bridgehead atoms. The number of aromatic nitrogens is 1. The van der Waals surface area contributed by atoms with E-state index in [0.29, 0.717) is 22.9 Å². The first kappa shape index (κ1) is 13.2. The average Bonchev–Trinajstić information content (AvgIpc) is 2.84. The lowest BCUT2D eigenvalue weighted by molar-refractivity contribution is -0.384. The van der Waals surface area contributed by atoms with Crippen LogP contribution in [0.25, 0.3) is 0 Å². The van der Waals surface area contributed by atoms with Gasteiger partial charge in [0.05, 0.1) is 4.92 Å². The number of nitrogens with one attached hydrogen (secondary N) is 2. The van der Waals surface area contributed by atoms with Crippen LogP contribution < -0.4 is 10.6 Å². The minimum atomic E-state index is -0.423. The topological polar surface area (TPSA) is 80.1 Å². The third-order valence-electron chi connectivity index (χ3n) is 2.98. The number of rotatable bonds is 5. The lowest BCUT2D eigenvalue weighted by Crippen LogP contribution is -2.24. The Hall–Kier alpha value is -1.21. The first-order valence-electron chi connectivity index (χ1n) is 5.94. The van der Waals surface area contributed by atoms with Crippen LogP contribution in [0.3, 0.4) is 0 Å². The third kappa shape index (κ3) is 3.39. The molecule has 1 aliphatic heterocycles. The normalized spacial score (nSPS) is 18.8. The molecule has 0 radical (unpaired) electrons. The zero-order valence-corrected chi connectivity index (χ0v) is 11.4. The fraction of sp³-hybridized carbons (Fsp3) is 0.545. The first-order chi connectivity index (χ1) is 8.66. The summed E-state index contributed by atoms with van der Waals surface area (Å²) in [6, 6.07) is 1.98. The molecule has 98 valence electrons. The van der Waals surface area contributed by atoms with Crippen LogP contribution in [0.2, 0.25) is 0 Å². The van der Waals surface area contributed by atoms with E-state index < -0.39 is 4.92 Å². The van der Waals surface area contributed by atoms with Crippen molar-refractivity contribution in [3.05, 3.63) is 26.9 Å². The summed E-state index contributed by atoms with van der Waals surface area (Å²) in [6.07, 6.45) is 4.90. The molecule has 2 heterocycles. The number of hydrogen-bond acceptors (Lipinski definition) is 5. The first-order valence-corrected chi connectivity index (χ1v) is 6.73. The van der Waals surface area contributed by atoms with Crippen molar-refractivity contribution in [2.75, 3.05) is 18.4 Å². The number of pyridine rings is 1. The van der Waals surface area contributed by atoms with Gasteiger partial charge in [-0.3, -0.25) is 10.1 Å². The minimum Gasteiger partial charge on any atom is -0.364 e. The second kappa shape index (κ2) is 6.10. The van der Waals surface area contributed by atoms with Crippen LogP contribution in [0.1, 0.15) is 19.3 Å². The van der Waals surface area contributed by atoms with E-state index in [1.54, 1.807) is 6.20 Å². The number of nitrogens with zero attached hydrogens (tertiary/aromatic N) is 2. The highest BCUT2D eigenvalue weighted by atomic mass is 79.9. The molecule has 2 N–H and O–H groups in total. The zero-order valence-electron chi connectivity index (χ0n) is 9.86. The molecule has 18 heavy (non-hydrogen) atoms. The van der Waals surface area contributed by atoms with Crippen molar-refractivity contribution >= 4 is 27.4 Å². The van der Waals surface area contributed by atoms with Crippen LogP contribution in [-0.4, -0.2) is 29.0 Å². The minimum absolute atomic E-state index is 0.00348. The Bertz CT molecular complexity index is 435. The van der Waals surface area contributed by atoms with Crippen LogP contribution >= 0.6 is 15.9 Å². The number of hydrogen-bond donors (Lipinski definition) is 2. The van der Waals surface area contributed by atoms with Gasteiger partial charge < -0.3 is 10.6 Å². The van der Waals surface area contributed by atoms with Crippen molar-refractivity contribution in [1.82, 2.24) is 10.3 Å². The summed E-state index contributed by atoms with van der Waals surface area (Å²) in [5.41, 5.74) is 0.00348. The molecule has 7 heteroatoms. The Morgan fingerprint density at radius 2 is 2.50 bits per heavy atom. The van der Waals surface area contributed by atoms with Crippen molar-refractivity contribution in [3.8, 4) is 0 Å². The summed E-state index contributed by atoms with van der Waals surface area (Å²) in [7, 11) is 0. The van der Waals surface area contributed by atoms with Gasteiger partial charge in [0.25, 0.3) is 0 Å². The molecular formula is C11H15BrN4O2. The highest BCUT2D eigenvalue weighted by molar-refractivity contribution is 9.10. The van der Waals surface area contributed by atoms with Crippen LogP contribution in [-0.2, 0) is 0 Å². The Balaban J connectivity index is 1.93. The highest BCUT2D eigenvalue weighted by Gasteiger charge is 2.17.